The first kappa shape index (κ1) is 11.5. The standard InChI is InChI=1S/C11H21NO2/c1-2-3-4-5-6-7-14-11(13)10-8-12-9-10/h10,12H,2-9H2,1H3. The summed E-state index contributed by atoms with van der Waals surface area (Å²) >= 11 is 0. The van der Waals surface area contributed by atoms with E-state index in [1.165, 1.54) is 25.7 Å². The Morgan fingerprint density at radius 2 is 2.00 bits per heavy atom. The summed E-state index contributed by atoms with van der Waals surface area (Å²) < 4.78 is 5.15. The molecule has 1 fully saturated rings. The molecular weight excluding hydrogens is 178 g/mol. The highest BCUT2D eigenvalue weighted by molar-refractivity contribution is 5.73. The van der Waals surface area contributed by atoms with Crippen molar-refractivity contribution in [2.24, 2.45) is 5.92 Å². The molecule has 3 nitrogen and oxygen atoms in total. The van der Waals surface area contributed by atoms with E-state index < -0.39 is 0 Å². The monoisotopic (exact) mass is 199 g/mol. The van der Waals surface area contributed by atoms with Gasteiger partial charge in [-0.2, -0.15) is 0 Å². The van der Waals surface area contributed by atoms with Gasteiger partial charge in [0.05, 0.1) is 12.5 Å². The van der Waals surface area contributed by atoms with E-state index in [1.54, 1.807) is 0 Å². The Bertz CT molecular complexity index is 167. The maximum absolute atomic E-state index is 11.3. The highest BCUT2D eigenvalue weighted by Gasteiger charge is 2.25. The lowest BCUT2D eigenvalue weighted by Gasteiger charge is -2.24. The summed E-state index contributed by atoms with van der Waals surface area (Å²) in [6, 6.07) is 0. The summed E-state index contributed by atoms with van der Waals surface area (Å²) in [7, 11) is 0. The lowest BCUT2D eigenvalue weighted by Crippen LogP contribution is -2.47. The highest BCUT2D eigenvalue weighted by Crippen LogP contribution is 2.07. The molecule has 0 amide bonds. The van der Waals surface area contributed by atoms with Crippen molar-refractivity contribution in [1.29, 1.82) is 0 Å². The molecule has 0 aliphatic carbocycles. The largest absolute Gasteiger partial charge is 0.465 e. The third kappa shape index (κ3) is 4.09. The van der Waals surface area contributed by atoms with Crippen LogP contribution in [0.3, 0.4) is 0 Å². The second kappa shape index (κ2) is 6.82. The molecule has 3 heteroatoms. The Balaban J connectivity index is 1.85. The predicted molar refractivity (Wildman–Crippen MR) is 56.1 cm³/mol. The quantitative estimate of drug-likeness (QED) is 0.501. The van der Waals surface area contributed by atoms with Crippen molar-refractivity contribution >= 4 is 5.97 Å². The number of hydrogen-bond donors (Lipinski definition) is 1. The second-order valence-corrected chi connectivity index (χ2v) is 3.94. The van der Waals surface area contributed by atoms with E-state index in [0.29, 0.717) is 6.61 Å². The van der Waals surface area contributed by atoms with Crippen LogP contribution in [0.15, 0.2) is 0 Å². The Hall–Kier alpha value is -0.570. The number of rotatable bonds is 7. The predicted octanol–water partition coefficient (Wildman–Crippen LogP) is 1.72. The van der Waals surface area contributed by atoms with Crippen LogP contribution in [0.1, 0.15) is 39.0 Å². The van der Waals surface area contributed by atoms with Crippen LogP contribution in [0.5, 0.6) is 0 Å². The smallest absolute Gasteiger partial charge is 0.311 e. The van der Waals surface area contributed by atoms with E-state index in [-0.39, 0.29) is 11.9 Å². The van der Waals surface area contributed by atoms with Gasteiger partial charge in [0.25, 0.3) is 0 Å². The molecule has 0 aromatic heterocycles. The Morgan fingerprint density at radius 1 is 1.29 bits per heavy atom. The summed E-state index contributed by atoms with van der Waals surface area (Å²) in [4.78, 5) is 11.3. The van der Waals surface area contributed by atoms with Gasteiger partial charge in [0, 0.05) is 13.1 Å². The molecule has 0 atom stereocenters. The SMILES string of the molecule is CCCCCCCOC(=O)C1CNC1. The number of nitrogens with one attached hydrogen (secondary N) is 1. The lowest BCUT2D eigenvalue weighted by molar-refractivity contribution is -0.150. The normalized spacial score (nSPS) is 16.4. The van der Waals surface area contributed by atoms with E-state index in [2.05, 4.69) is 12.2 Å². The fourth-order valence-electron chi connectivity index (χ4n) is 1.45. The average molecular weight is 199 g/mol. The molecule has 14 heavy (non-hydrogen) atoms. The van der Waals surface area contributed by atoms with Crippen LogP contribution in [0.25, 0.3) is 0 Å². The van der Waals surface area contributed by atoms with Crippen molar-refractivity contribution in [3.05, 3.63) is 0 Å². The second-order valence-electron chi connectivity index (χ2n) is 3.94. The van der Waals surface area contributed by atoms with Gasteiger partial charge in [-0.25, -0.2) is 0 Å². The van der Waals surface area contributed by atoms with Gasteiger partial charge in [-0.3, -0.25) is 4.79 Å². The van der Waals surface area contributed by atoms with Gasteiger partial charge in [-0.05, 0) is 6.42 Å². The minimum Gasteiger partial charge on any atom is -0.465 e. The summed E-state index contributed by atoms with van der Waals surface area (Å²) in [5.41, 5.74) is 0. The zero-order chi connectivity index (χ0) is 10.2. The van der Waals surface area contributed by atoms with Gasteiger partial charge in [-0.1, -0.05) is 32.6 Å². The third-order valence-corrected chi connectivity index (χ3v) is 2.61. The van der Waals surface area contributed by atoms with Crippen molar-refractivity contribution in [2.75, 3.05) is 19.7 Å². The third-order valence-electron chi connectivity index (χ3n) is 2.61. The number of carbonyl (C=O) groups is 1. The molecule has 82 valence electrons. The van der Waals surface area contributed by atoms with Crippen LogP contribution in [-0.2, 0) is 9.53 Å². The van der Waals surface area contributed by atoms with Crippen LogP contribution in [0, 0.1) is 5.92 Å². The van der Waals surface area contributed by atoms with E-state index in [4.69, 9.17) is 4.74 Å². The zero-order valence-electron chi connectivity index (χ0n) is 9.05. The molecule has 1 aliphatic heterocycles. The van der Waals surface area contributed by atoms with Crippen LogP contribution >= 0.6 is 0 Å². The fraction of sp³-hybridized carbons (Fsp3) is 0.909. The number of carbonyl (C=O) groups excluding carboxylic acids is 1. The van der Waals surface area contributed by atoms with Gasteiger partial charge >= 0.3 is 5.97 Å². The number of unbranched alkanes of at least 4 members (excludes halogenated alkanes) is 4. The first-order valence-corrected chi connectivity index (χ1v) is 5.72. The van der Waals surface area contributed by atoms with Crippen molar-refractivity contribution in [1.82, 2.24) is 5.32 Å². The maximum atomic E-state index is 11.3. The molecule has 1 heterocycles. The average Bonchev–Trinajstić information content (AvgIpc) is 2.08. The van der Waals surface area contributed by atoms with Gasteiger partial charge in [-0.15, -0.1) is 0 Å². The molecule has 1 aliphatic rings. The number of hydrogen-bond acceptors (Lipinski definition) is 3. The van der Waals surface area contributed by atoms with E-state index in [9.17, 15) is 4.79 Å². The first-order valence-electron chi connectivity index (χ1n) is 5.72. The Labute approximate surface area is 86.2 Å². The number of esters is 1. The van der Waals surface area contributed by atoms with Gasteiger partial charge in [0.15, 0.2) is 0 Å². The molecule has 1 N–H and O–H groups in total. The lowest BCUT2D eigenvalue weighted by atomic mass is 10.0. The molecular formula is C11H21NO2. The van der Waals surface area contributed by atoms with E-state index in [1.807, 2.05) is 0 Å². The first-order chi connectivity index (χ1) is 6.84. The van der Waals surface area contributed by atoms with Crippen LogP contribution in [0.2, 0.25) is 0 Å². The van der Waals surface area contributed by atoms with Crippen molar-refractivity contribution in [3.8, 4) is 0 Å². The minimum absolute atomic E-state index is 0.0146. The summed E-state index contributed by atoms with van der Waals surface area (Å²) in [6.45, 7) is 4.41. The highest BCUT2D eigenvalue weighted by atomic mass is 16.5. The number of ether oxygens (including phenoxy) is 1. The zero-order valence-corrected chi connectivity index (χ0v) is 9.05. The van der Waals surface area contributed by atoms with Crippen LogP contribution < -0.4 is 5.32 Å². The van der Waals surface area contributed by atoms with Crippen molar-refractivity contribution in [3.63, 3.8) is 0 Å². The molecule has 0 radical (unpaired) electrons. The van der Waals surface area contributed by atoms with Gasteiger partial charge in [0.1, 0.15) is 0 Å². The molecule has 0 spiro atoms. The molecule has 0 aromatic carbocycles. The molecule has 1 saturated heterocycles. The topological polar surface area (TPSA) is 38.3 Å². The summed E-state index contributed by atoms with van der Waals surface area (Å²) in [5.74, 6) is 0.116. The Morgan fingerprint density at radius 3 is 2.57 bits per heavy atom. The van der Waals surface area contributed by atoms with E-state index >= 15 is 0 Å². The molecule has 0 bridgehead atoms. The molecule has 0 saturated carbocycles. The van der Waals surface area contributed by atoms with E-state index in [0.717, 1.165) is 19.5 Å². The van der Waals surface area contributed by atoms with Crippen molar-refractivity contribution < 1.29 is 9.53 Å². The van der Waals surface area contributed by atoms with Gasteiger partial charge in [0.2, 0.25) is 0 Å². The van der Waals surface area contributed by atoms with Crippen molar-refractivity contribution in [2.45, 2.75) is 39.0 Å². The molecule has 0 unspecified atom stereocenters. The summed E-state index contributed by atoms with van der Waals surface area (Å²) in [6.07, 6.45) is 6.02. The molecule has 0 aromatic rings. The fourth-order valence-corrected chi connectivity index (χ4v) is 1.45. The van der Waals surface area contributed by atoms with Crippen LogP contribution in [-0.4, -0.2) is 25.7 Å². The summed E-state index contributed by atoms with van der Waals surface area (Å²) in [5, 5.41) is 3.06. The maximum Gasteiger partial charge on any atom is 0.311 e. The van der Waals surface area contributed by atoms with Gasteiger partial charge < -0.3 is 10.1 Å². The molecule has 1 rings (SSSR count). The Kier molecular flexibility index (Phi) is 5.60. The minimum atomic E-state index is -0.0146. The van der Waals surface area contributed by atoms with Crippen LogP contribution in [0.4, 0.5) is 0 Å².